The smallest absolute Gasteiger partial charge is 0.236 e. The van der Waals surface area contributed by atoms with Crippen molar-refractivity contribution in [3.8, 4) is 10.8 Å². The van der Waals surface area contributed by atoms with E-state index >= 15 is 0 Å². The summed E-state index contributed by atoms with van der Waals surface area (Å²) >= 11 is 3.19. The molecule has 0 radical (unpaired) electrons. The lowest BCUT2D eigenvalue weighted by Crippen LogP contribution is -2.04. The number of oxazole rings is 1. The minimum Gasteiger partial charge on any atom is -0.440 e. The van der Waals surface area contributed by atoms with Crippen LogP contribution in [0.15, 0.2) is 27.1 Å². The average molecular weight is 321 g/mol. The van der Waals surface area contributed by atoms with Gasteiger partial charge in [-0.3, -0.25) is 0 Å². The van der Waals surface area contributed by atoms with Crippen LogP contribution in [0.4, 0.5) is 0 Å². The molecule has 0 atom stereocenters. The van der Waals surface area contributed by atoms with Crippen molar-refractivity contribution in [2.75, 3.05) is 0 Å². The third-order valence-electron chi connectivity index (χ3n) is 2.91. The molecule has 0 N–H and O–H groups in total. The molecule has 0 spiro atoms. The van der Waals surface area contributed by atoms with Crippen LogP contribution < -0.4 is 0 Å². The summed E-state index contributed by atoms with van der Waals surface area (Å²) in [6, 6.07) is 4.24. The minimum atomic E-state index is 0.239. The zero-order chi connectivity index (χ0) is 14.8. The minimum absolute atomic E-state index is 0.239. The Labute approximate surface area is 130 Å². The number of nitrogens with zero attached hydrogens (tertiary/aromatic N) is 5. The van der Waals surface area contributed by atoms with E-state index in [4.69, 9.17) is 4.42 Å². The summed E-state index contributed by atoms with van der Waals surface area (Å²) in [6.07, 6.45) is 0. The van der Waals surface area contributed by atoms with Crippen LogP contribution in [-0.2, 0) is 5.75 Å². The van der Waals surface area contributed by atoms with Crippen molar-refractivity contribution in [3.63, 3.8) is 0 Å². The summed E-state index contributed by atoms with van der Waals surface area (Å²) in [4.78, 5) is 5.61. The Balaban J connectivity index is 1.75. The fourth-order valence-corrected chi connectivity index (χ4v) is 3.46. The van der Waals surface area contributed by atoms with Gasteiger partial charge in [0, 0.05) is 5.75 Å². The molecule has 8 heteroatoms. The molecule has 0 saturated carbocycles. The van der Waals surface area contributed by atoms with Gasteiger partial charge in [-0.15, -0.1) is 16.4 Å². The van der Waals surface area contributed by atoms with Gasteiger partial charge in [-0.2, -0.15) is 0 Å². The SMILES string of the molecule is Cc1oc(-c2cccs2)nc1CSc1nnnn1C(C)C. The van der Waals surface area contributed by atoms with Crippen LogP contribution in [0.25, 0.3) is 10.8 Å². The van der Waals surface area contributed by atoms with E-state index in [-0.39, 0.29) is 6.04 Å². The van der Waals surface area contributed by atoms with E-state index < -0.39 is 0 Å². The standard InChI is InChI=1S/C13H15N5OS2/c1-8(2)18-13(15-16-17-18)21-7-10-9(3)19-12(14-10)11-5-4-6-20-11/h4-6,8H,7H2,1-3H3. The number of hydrogen-bond donors (Lipinski definition) is 0. The van der Waals surface area contributed by atoms with Gasteiger partial charge in [0.15, 0.2) is 0 Å². The van der Waals surface area contributed by atoms with E-state index in [1.54, 1.807) is 27.8 Å². The summed E-state index contributed by atoms with van der Waals surface area (Å²) in [5.74, 6) is 2.21. The largest absolute Gasteiger partial charge is 0.440 e. The first kappa shape index (κ1) is 14.3. The predicted molar refractivity (Wildman–Crippen MR) is 82.3 cm³/mol. The van der Waals surface area contributed by atoms with E-state index in [1.807, 2.05) is 24.4 Å². The molecule has 0 aliphatic carbocycles. The third-order valence-corrected chi connectivity index (χ3v) is 4.72. The Hall–Kier alpha value is -1.67. The summed E-state index contributed by atoms with van der Waals surface area (Å²) in [5.41, 5.74) is 0.932. The van der Waals surface area contributed by atoms with Gasteiger partial charge in [-0.1, -0.05) is 17.8 Å². The highest BCUT2D eigenvalue weighted by molar-refractivity contribution is 7.98. The average Bonchev–Trinajstić information content (AvgIpc) is 3.17. The second-order valence-electron chi connectivity index (χ2n) is 4.79. The molecule has 0 fully saturated rings. The second-order valence-corrected chi connectivity index (χ2v) is 6.68. The van der Waals surface area contributed by atoms with Gasteiger partial charge in [0.2, 0.25) is 11.0 Å². The molecule has 0 unspecified atom stereocenters. The number of thiophene rings is 1. The lowest BCUT2D eigenvalue weighted by molar-refractivity contribution is 0.477. The number of hydrogen-bond acceptors (Lipinski definition) is 7. The molecular formula is C13H15N5OS2. The third kappa shape index (κ3) is 3.01. The Morgan fingerprint density at radius 2 is 2.29 bits per heavy atom. The van der Waals surface area contributed by atoms with Crippen LogP contribution in [0.1, 0.15) is 31.3 Å². The number of aromatic nitrogens is 5. The Bertz CT molecular complexity index is 717. The topological polar surface area (TPSA) is 69.6 Å². The molecule has 0 saturated heterocycles. The lowest BCUT2D eigenvalue weighted by atomic mass is 10.4. The molecule has 0 amide bonds. The highest BCUT2D eigenvalue weighted by atomic mass is 32.2. The maximum Gasteiger partial charge on any atom is 0.236 e. The van der Waals surface area contributed by atoms with Crippen molar-refractivity contribution in [2.45, 2.75) is 37.7 Å². The van der Waals surface area contributed by atoms with E-state index in [2.05, 4.69) is 34.4 Å². The van der Waals surface area contributed by atoms with Gasteiger partial charge in [0.25, 0.3) is 0 Å². The quantitative estimate of drug-likeness (QED) is 0.669. The highest BCUT2D eigenvalue weighted by Crippen LogP contribution is 2.29. The van der Waals surface area contributed by atoms with E-state index in [1.165, 1.54) is 0 Å². The Kier molecular flexibility index (Phi) is 4.07. The maximum absolute atomic E-state index is 5.73. The molecule has 110 valence electrons. The first-order valence-corrected chi connectivity index (χ1v) is 8.42. The zero-order valence-electron chi connectivity index (χ0n) is 12.0. The molecule has 0 bridgehead atoms. The van der Waals surface area contributed by atoms with Crippen LogP contribution in [0.2, 0.25) is 0 Å². The molecule has 21 heavy (non-hydrogen) atoms. The monoisotopic (exact) mass is 321 g/mol. The molecule has 3 heterocycles. The van der Waals surface area contributed by atoms with Crippen LogP contribution >= 0.6 is 23.1 Å². The summed E-state index contributed by atoms with van der Waals surface area (Å²) in [6.45, 7) is 6.04. The Morgan fingerprint density at radius 1 is 1.43 bits per heavy atom. The molecule has 6 nitrogen and oxygen atoms in total. The Morgan fingerprint density at radius 3 is 3.00 bits per heavy atom. The van der Waals surface area contributed by atoms with Crippen molar-refractivity contribution >= 4 is 23.1 Å². The fraction of sp³-hybridized carbons (Fsp3) is 0.385. The molecule has 0 aromatic carbocycles. The van der Waals surface area contributed by atoms with Crippen molar-refractivity contribution < 1.29 is 4.42 Å². The summed E-state index contributed by atoms with van der Waals surface area (Å²) < 4.78 is 7.54. The predicted octanol–water partition coefficient (Wildman–Crippen LogP) is 3.57. The highest BCUT2D eigenvalue weighted by Gasteiger charge is 2.15. The molecule has 0 aliphatic heterocycles. The number of aryl methyl sites for hydroxylation is 1. The number of rotatable bonds is 5. The molecule has 3 aromatic rings. The van der Waals surface area contributed by atoms with E-state index in [9.17, 15) is 0 Å². The molecular weight excluding hydrogens is 306 g/mol. The van der Waals surface area contributed by atoms with Gasteiger partial charge >= 0.3 is 0 Å². The summed E-state index contributed by atoms with van der Waals surface area (Å²) in [5, 5.41) is 14.6. The van der Waals surface area contributed by atoms with Gasteiger partial charge in [0.05, 0.1) is 16.6 Å². The van der Waals surface area contributed by atoms with Crippen molar-refractivity contribution in [1.29, 1.82) is 0 Å². The van der Waals surface area contributed by atoms with Crippen LogP contribution in [0.5, 0.6) is 0 Å². The van der Waals surface area contributed by atoms with E-state index in [0.717, 1.165) is 21.5 Å². The molecule has 0 aliphatic rings. The van der Waals surface area contributed by atoms with Gasteiger partial charge in [0.1, 0.15) is 5.76 Å². The molecule has 3 rings (SSSR count). The lowest BCUT2D eigenvalue weighted by Gasteiger charge is -2.06. The van der Waals surface area contributed by atoms with E-state index in [0.29, 0.717) is 11.6 Å². The first-order valence-electron chi connectivity index (χ1n) is 6.56. The first-order chi connectivity index (χ1) is 10.1. The van der Waals surface area contributed by atoms with Gasteiger partial charge in [-0.05, 0) is 42.6 Å². The zero-order valence-corrected chi connectivity index (χ0v) is 13.6. The second kappa shape index (κ2) is 5.98. The van der Waals surface area contributed by atoms with Crippen molar-refractivity contribution in [1.82, 2.24) is 25.2 Å². The van der Waals surface area contributed by atoms with Crippen LogP contribution in [-0.4, -0.2) is 25.2 Å². The van der Waals surface area contributed by atoms with Crippen LogP contribution in [0, 0.1) is 6.92 Å². The number of tetrazole rings is 1. The normalized spacial score (nSPS) is 11.4. The fourth-order valence-electron chi connectivity index (χ4n) is 1.81. The van der Waals surface area contributed by atoms with Crippen molar-refractivity contribution in [2.24, 2.45) is 0 Å². The van der Waals surface area contributed by atoms with Gasteiger partial charge < -0.3 is 4.42 Å². The maximum atomic E-state index is 5.73. The molecule has 3 aromatic heterocycles. The number of thioether (sulfide) groups is 1. The van der Waals surface area contributed by atoms with Crippen LogP contribution in [0.3, 0.4) is 0 Å². The summed E-state index contributed by atoms with van der Waals surface area (Å²) in [7, 11) is 0. The van der Waals surface area contributed by atoms with Crippen molar-refractivity contribution in [3.05, 3.63) is 29.0 Å². The van der Waals surface area contributed by atoms with Gasteiger partial charge in [-0.25, -0.2) is 9.67 Å².